The lowest BCUT2D eigenvalue weighted by Gasteiger charge is -2.08. The minimum absolute atomic E-state index is 0.310. The van der Waals surface area contributed by atoms with Crippen molar-refractivity contribution < 1.29 is 19.1 Å². The van der Waals surface area contributed by atoms with E-state index in [1.165, 1.54) is 18.4 Å². The van der Waals surface area contributed by atoms with Gasteiger partial charge < -0.3 is 14.8 Å². The van der Waals surface area contributed by atoms with Crippen LogP contribution in [0, 0.1) is 0 Å². The van der Waals surface area contributed by atoms with Gasteiger partial charge in [-0.15, -0.1) is 11.3 Å². The van der Waals surface area contributed by atoms with E-state index in [0.29, 0.717) is 21.9 Å². The van der Waals surface area contributed by atoms with Crippen LogP contribution in [0.2, 0.25) is 0 Å². The molecule has 1 heterocycles. The molecule has 0 aliphatic heterocycles. The fraction of sp³-hybridized carbons (Fsp3) is 0.0526. The SMILES string of the molecule is COC(=O)c1sccc1NC(=O)c1ccc(Oc2ccccc2)cc1. The third-order valence-corrected chi connectivity index (χ3v) is 4.27. The largest absolute Gasteiger partial charge is 0.465 e. The molecular formula is C19H15NO4S. The second kappa shape index (κ2) is 7.63. The molecule has 0 saturated heterocycles. The van der Waals surface area contributed by atoms with E-state index in [2.05, 4.69) is 5.32 Å². The number of carbonyl (C=O) groups is 2. The first-order valence-corrected chi connectivity index (χ1v) is 8.35. The van der Waals surface area contributed by atoms with Crippen molar-refractivity contribution in [1.29, 1.82) is 0 Å². The lowest BCUT2D eigenvalue weighted by molar-refractivity contribution is 0.0607. The molecule has 0 aliphatic carbocycles. The second-order valence-electron chi connectivity index (χ2n) is 5.05. The molecule has 2 aromatic carbocycles. The Bertz CT molecular complexity index is 872. The lowest BCUT2D eigenvalue weighted by Crippen LogP contribution is -2.13. The fourth-order valence-corrected chi connectivity index (χ4v) is 2.92. The number of benzene rings is 2. The van der Waals surface area contributed by atoms with Gasteiger partial charge in [0.05, 0.1) is 12.8 Å². The van der Waals surface area contributed by atoms with E-state index in [9.17, 15) is 9.59 Å². The van der Waals surface area contributed by atoms with E-state index in [1.807, 2.05) is 30.3 Å². The quantitative estimate of drug-likeness (QED) is 0.682. The van der Waals surface area contributed by atoms with Crippen LogP contribution in [0.1, 0.15) is 20.0 Å². The van der Waals surface area contributed by atoms with Gasteiger partial charge in [-0.3, -0.25) is 4.79 Å². The minimum Gasteiger partial charge on any atom is -0.465 e. The first-order chi connectivity index (χ1) is 12.2. The Hall–Kier alpha value is -3.12. The first kappa shape index (κ1) is 16.7. The van der Waals surface area contributed by atoms with Crippen LogP contribution in [0.15, 0.2) is 66.0 Å². The Labute approximate surface area is 148 Å². The number of amides is 1. The summed E-state index contributed by atoms with van der Waals surface area (Å²) in [7, 11) is 1.30. The maximum absolute atomic E-state index is 12.3. The van der Waals surface area contributed by atoms with E-state index in [1.54, 1.807) is 35.7 Å². The van der Waals surface area contributed by atoms with Crippen molar-refractivity contribution in [3.05, 3.63) is 76.5 Å². The van der Waals surface area contributed by atoms with Crippen molar-refractivity contribution in [3.8, 4) is 11.5 Å². The molecule has 6 heteroatoms. The highest BCUT2D eigenvalue weighted by atomic mass is 32.1. The Morgan fingerprint density at radius 1 is 0.920 bits per heavy atom. The van der Waals surface area contributed by atoms with Crippen molar-refractivity contribution in [2.75, 3.05) is 12.4 Å². The molecule has 0 radical (unpaired) electrons. The highest BCUT2D eigenvalue weighted by molar-refractivity contribution is 7.12. The van der Waals surface area contributed by atoms with Gasteiger partial charge in [-0.25, -0.2) is 4.79 Å². The molecule has 3 aromatic rings. The first-order valence-electron chi connectivity index (χ1n) is 7.47. The fourth-order valence-electron chi connectivity index (χ4n) is 2.15. The molecule has 0 aliphatic rings. The number of anilines is 1. The average molecular weight is 353 g/mol. The van der Waals surface area contributed by atoms with E-state index < -0.39 is 5.97 Å². The standard InChI is InChI=1S/C19H15NO4S/c1-23-19(22)17-16(11-12-25-17)20-18(21)13-7-9-15(10-8-13)24-14-5-3-2-4-6-14/h2-12H,1H3,(H,20,21). The van der Waals surface area contributed by atoms with Gasteiger partial charge in [-0.1, -0.05) is 18.2 Å². The minimum atomic E-state index is -0.475. The van der Waals surface area contributed by atoms with Crippen molar-refractivity contribution >= 4 is 28.9 Å². The molecule has 25 heavy (non-hydrogen) atoms. The van der Waals surface area contributed by atoms with Crippen molar-refractivity contribution in [2.45, 2.75) is 0 Å². The van der Waals surface area contributed by atoms with Gasteiger partial charge >= 0.3 is 5.97 Å². The lowest BCUT2D eigenvalue weighted by atomic mass is 10.2. The molecule has 1 aromatic heterocycles. The molecule has 0 atom stereocenters. The normalized spacial score (nSPS) is 10.1. The van der Waals surface area contributed by atoms with Gasteiger partial charge in [-0.05, 0) is 47.8 Å². The summed E-state index contributed by atoms with van der Waals surface area (Å²) in [5.41, 5.74) is 0.897. The van der Waals surface area contributed by atoms with Gasteiger partial charge in [0.2, 0.25) is 0 Å². The molecular weight excluding hydrogens is 338 g/mol. The third kappa shape index (κ3) is 4.05. The van der Waals surface area contributed by atoms with Crippen LogP contribution >= 0.6 is 11.3 Å². The highest BCUT2D eigenvalue weighted by Gasteiger charge is 2.16. The summed E-state index contributed by atoms with van der Waals surface area (Å²) in [6.07, 6.45) is 0. The number of hydrogen-bond donors (Lipinski definition) is 1. The maximum Gasteiger partial charge on any atom is 0.350 e. The molecule has 126 valence electrons. The molecule has 0 saturated carbocycles. The van der Waals surface area contributed by atoms with Crippen LogP contribution in [0.25, 0.3) is 0 Å². The number of methoxy groups -OCH3 is 1. The summed E-state index contributed by atoms with van der Waals surface area (Å²) in [5, 5.41) is 4.44. The number of esters is 1. The third-order valence-electron chi connectivity index (χ3n) is 3.38. The van der Waals surface area contributed by atoms with Crippen molar-refractivity contribution in [1.82, 2.24) is 0 Å². The summed E-state index contributed by atoms with van der Waals surface area (Å²) >= 11 is 1.21. The van der Waals surface area contributed by atoms with Crippen molar-refractivity contribution in [3.63, 3.8) is 0 Å². The summed E-state index contributed by atoms with van der Waals surface area (Å²) in [4.78, 5) is 24.4. The average Bonchev–Trinajstić information content (AvgIpc) is 3.10. The van der Waals surface area contributed by atoms with Crippen LogP contribution in [0.4, 0.5) is 5.69 Å². The Balaban J connectivity index is 1.69. The number of rotatable bonds is 5. The Kier molecular flexibility index (Phi) is 5.11. The molecule has 1 N–H and O–H groups in total. The van der Waals surface area contributed by atoms with Gasteiger partial charge in [0, 0.05) is 5.56 Å². The predicted molar refractivity (Wildman–Crippen MR) is 96.6 cm³/mol. The molecule has 0 spiro atoms. The van der Waals surface area contributed by atoms with Crippen molar-refractivity contribution in [2.24, 2.45) is 0 Å². The number of ether oxygens (including phenoxy) is 2. The Morgan fingerprint density at radius 2 is 1.60 bits per heavy atom. The number of nitrogens with one attached hydrogen (secondary N) is 1. The summed E-state index contributed by atoms with van der Waals surface area (Å²) < 4.78 is 10.4. The zero-order valence-electron chi connectivity index (χ0n) is 13.4. The zero-order chi connectivity index (χ0) is 17.6. The Morgan fingerprint density at radius 3 is 2.28 bits per heavy atom. The zero-order valence-corrected chi connectivity index (χ0v) is 14.2. The molecule has 0 fully saturated rings. The number of carbonyl (C=O) groups excluding carboxylic acids is 2. The number of thiophene rings is 1. The molecule has 0 unspecified atom stereocenters. The summed E-state index contributed by atoms with van der Waals surface area (Å²) in [6, 6.07) is 17.8. The number of para-hydroxylation sites is 1. The van der Waals surface area contributed by atoms with Gasteiger partial charge in [0.1, 0.15) is 16.4 Å². The smallest absolute Gasteiger partial charge is 0.350 e. The van der Waals surface area contributed by atoms with Crippen LogP contribution in [0.3, 0.4) is 0 Å². The maximum atomic E-state index is 12.3. The molecule has 3 rings (SSSR count). The van der Waals surface area contributed by atoms with E-state index in [-0.39, 0.29) is 5.91 Å². The van der Waals surface area contributed by atoms with Gasteiger partial charge in [0.15, 0.2) is 0 Å². The summed E-state index contributed by atoms with van der Waals surface area (Å²) in [5.74, 6) is 0.570. The van der Waals surface area contributed by atoms with Gasteiger partial charge in [-0.2, -0.15) is 0 Å². The van der Waals surface area contributed by atoms with Crippen LogP contribution < -0.4 is 10.1 Å². The topological polar surface area (TPSA) is 64.6 Å². The van der Waals surface area contributed by atoms with Crippen LogP contribution in [-0.2, 0) is 4.74 Å². The van der Waals surface area contributed by atoms with Crippen LogP contribution in [-0.4, -0.2) is 19.0 Å². The van der Waals surface area contributed by atoms with E-state index in [0.717, 1.165) is 5.75 Å². The van der Waals surface area contributed by atoms with E-state index >= 15 is 0 Å². The molecule has 5 nitrogen and oxygen atoms in total. The van der Waals surface area contributed by atoms with Gasteiger partial charge in [0.25, 0.3) is 5.91 Å². The van der Waals surface area contributed by atoms with Crippen LogP contribution in [0.5, 0.6) is 11.5 Å². The molecule has 1 amide bonds. The monoisotopic (exact) mass is 353 g/mol. The van der Waals surface area contributed by atoms with E-state index in [4.69, 9.17) is 9.47 Å². The summed E-state index contributed by atoms with van der Waals surface area (Å²) in [6.45, 7) is 0. The highest BCUT2D eigenvalue weighted by Crippen LogP contribution is 2.25. The second-order valence-corrected chi connectivity index (χ2v) is 5.96. The number of hydrogen-bond acceptors (Lipinski definition) is 5. The molecule has 0 bridgehead atoms. The predicted octanol–water partition coefficient (Wildman–Crippen LogP) is 4.58.